The van der Waals surface area contributed by atoms with Crippen LogP contribution in [0.2, 0.25) is 0 Å². The van der Waals surface area contributed by atoms with E-state index in [0.29, 0.717) is 29.4 Å². The van der Waals surface area contributed by atoms with Gasteiger partial charge >= 0.3 is 5.97 Å². The summed E-state index contributed by atoms with van der Waals surface area (Å²) in [5.41, 5.74) is 1.63. The third-order valence-electron chi connectivity index (χ3n) is 3.64. The molecule has 0 spiro atoms. The van der Waals surface area contributed by atoms with Crippen molar-refractivity contribution in [2.45, 2.75) is 13.0 Å². The highest BCUT2D eigenvalue weighted by atomic mass is 16.6. The number of nitrogens with one attached hydrogen (secondary N) is 1. The normalized spacial score (nSPS) is 16.5. The van der Waals surface area contributed by atoms with E-state index in [1.807, 2.05) is 0 Å². The number of aromatic hydroxyl groups is 1. The van der Waals surface area contributed by atoms with Crippen molar-refractivity contribution < 1.29 is 19.4 Å². The molecule has 1 aliphatic rings. The number of benzene rings is 1. The zero-order valence-corrected chi connectivity index (χ0v) is 13.3. The summed E-state index contributed by atoms with van der Waals surface area (Å²) in [6.07, 6.45) is 0. The number of ether oxygens (including phenoxy) is 2. The van der Waals surface area contributed by atoms with Gasteiger partial charge in [-0.15, -0.1) is 0 Å². The molecule has 2 aromatic rings. The molecule has 126 valence electrons. The Kier molecular flexibility index (Phi) is 4.43. The quantitative estimate of drug-likeness (QED) is 0.613. The van der Waals surface area contributed by atoms with Crippen molar-refractivity contribution in [2.75, 3.05) is 25.6 Å². The third kappa shape index (κ3) is 2.93. The molecule has 0 unspecified atom stereocenters. The average Bonchev–Trinajstić information content (AvgIpc) is 3.01. The number of nitrogens with zero attached hydrogens (tertiary/aromatic N) is 4. The average molecular weight is 331 g/mol. The van der Waals surface area contributed by atoms with Gasteiger partial charge in [0.2, 0.25) is 5.95 Å². The van der Waals surface area contributed by atoms with Crippen LogP contribution in [-0.4, -0.2) is 51.6 Å². The van der Waals surface area contributed by atoms with E-state index >= 15 is 0 Å². The maximum Gasteiger partial charge on any atom is 0.338 e. The van der Waals surface area contributed by atoms with Crippen LogP contribution in [0.25, 0.3) is 0 Å². The van der Waals surface area contributed by atoms with Crippen LogP contribution in [0.5, 0.6) is 5.75 Å². The summed E-state index contributed by atoms with van der Waals surface area (Å²) >= 11 is 0. The topological polar surface area (TPSA) is 111 Å². The fourth-order valence-corrected chi connectivity index (χ4v) is 2.58. The van der Waals surface area contributed by atoms with Gasteiger partial charge in [0.1, 0.15) is 18.4 Å². The van der Waals surface area contributed by atoms with Crippen molar-refractivity contribution in [1.82, 2.24) is 20.2 Å². The smallest absolute Gasteiger partial charge is 0.338 e. The second-order valence-electron chi connectivity index (χ2n) is 5.24. The van der Waals surface area contributed by atoms with E-state index in [-0.39, 0.29) is 12.4 Å². The molecule has 0 amide bonds. The number of hydrogen-bond donors (Lipinski definition) is 2. The van der Waals surface area contributed by atoms with E-state index in [1.165, 1.54) is 11.8 Å². The van der Waals surface area contributed by atoms with Crippen LogP contribution >= 0.6 is 0 Å². The molecule has 1 aromatic heterocycles. The van der Waals surface area contributed by atoms with Crippen LogP contribution in [0.4, 0.5) is 5.95 Å². The number of methoxy groups -OCH3 is 1. The van der Waals surface area contributed by atoms with Gasteiger partial charge in [0.25, 0.3) is 0 Å². The van der Waals surface area contributed by atoms with Crippen LogP contribution in [0.1, 0.15) is 18.5 Å². The molecule has 0 saturated carbocycles. The summed E-state index contributed by atoms with van der Waals surface area (Å²) in [4.78, 5) is 12.6. The van der Waals surface area contributed by atoms with Gasteiger partial charge in [-0.05, 0) is 35.0 Å². The standard InChI is InChI=1S/C15H17N5O4/c1-9-12(14(22)24-7-6-23-2)13(10-4-3-5-11(21)8-10)20-15(16-9)17-18-19-20/h3-5,8,13,21H,6-7H2,1-2H3,(H,16,17,19)/t13-/m1/s1. The number of hydrogen-bond acceptors (Lipinski definition) is 8. The van der Waals surface area contributed by atoms with Crippen LogP contribution in [0.3, 0.4) is 0 Å². The number of anilines is 1. The Morgan fingerprint density at radius 1 is 1.42 bits per heavy atom. The van der Waals surface area contributed by atoms with Crippen molar-refractivity contribution in [3.63, 3.8) is 0 Å². The monoisotopic (exact) mass is 331 g/mol. The highest BCUT2D eigenvalue weighted by Crippen LogP contribution is 2.35. The SMILES string of the molecule is COCCOC(=O)C1=C(C)Nc2nnnn2[C@@H]1c1cccc(O)c1. The predicted molar refractivity (Wildman–Crippen MR) is 83.2 cm³/mol. The van der Waals surface area contributed by atoms with Gasteiger partial charge in [-0.2, -0.15) is 4.68 Å². The summed E-state index contributed by atoms with van der Waals surface area (Å²) < 4.78 is 11.6. The Labute approximate surface area is 137 Å². The number of rotatable bonds is 5. The molecule has 0 fully saturated rings. The van der Waals surface area contributed by atoms with Crippen molar-refractivity contribution >= 4 is 11.9 Å². The van der Waals surface area contributed by atoms with E-state index in [4.69, 9.17) is 9.47 Å². The molecule has 1 atom stereocenters. The number of aromatic nitrogens is 4. The first-order valence-electron chi connectivity index (χ1n) is 7.32. The molecule has 2 heterocycles. The Balaban J connectivity index is 2.02. The van der Waals surface area contributed by atoms with Gasteiger partial charge in [-0.3, -0.25) is 0 Å². The molecule has 9 nitrogen and oxygen atoms in total. The summed E-state index contributed by atoms with van der Waals surface area (Å²) in [6.45, 7) is 2.20. The summed E-state index contributed by atoms with van der Waals surface area (Å²) in [5.74, 6) is 0.00578. The Bertz CT molecular complexity index is 786. The van der Waals surface area contributed by atoms with Crippen LogP contribution < -0.4 is 5.32 Å². The van der Waals surface area contributed by atoms with Crippen molar-refractivity contribution in [3.05, 3.63) is 41.1 Å². The number of phenolic OH excluding ortho intramolecular Hbond substituents is 1. The highest BCUT2D eigenvalue weighted by molar-refractivity contribution is 5.92. The fourth-order valence-electron chi connectivity index (χ4n) is 2.58. The number of fused-ring (bicyclic) bond motifs is 1. The molecular formula is C15H17N5O4. The van der Waals surface area contributed by atoms with Crippen molar-refractivity contribution in [3.8, 4) is 5.75 Å². The van der Waals surface area contributed by atoms with E-state index in [2.05, 4.69) is 20.8 Å². The number of carbonyl (C=O) groups is 1. The minimum atomic E-state index is -0.599. The van der Waals surface area contributed by atoms with Crippen LogP contribution in [0.15, 0.2) is 35.5 Å². The highest BCUT2D eigenvalue weighted by Gasteiger charge is 2.35. The van der Waals surface area contributed by atoms with E-state index in [9.17, 15) is 9.90 Å². The Morgan fingerprint density at radius 2 is 2.25 bits per heavy atom. The number of esters is 1. The van der Waals surface area contributed by atoms with Gasteiger partial charge in [-0.1, -0.05) is 17.2 Å². The largest absolute Gasteiger partial charge is 0.508 e. The first kappa shape index (κ1) is 15.9. The van der Waals surface area contributed by atoms with Gasteiger partial charge in [0.15, 0.2) is 0 Å². The van der Waals surface area contributed by atoms with Crippen molar-refractivity contribution in [2.24, 2.45) is 0 Å². The predicted octanol–water partition coefficient (Wildman–Crippen LogP) is 0.857. The lowest BCUT2D eigenvalue weighted by atomic mass is 9.95. The second-order valence-corrected chi connectivity index (χ2v) is 5.24. The van der Waals surface area contributed by atoms with E-state index < -0.39 is 12.0 Å². The summed E-state index contributed by atoms with van der Waals surface area (Å²) in [5, 5.41) is 24.3. The zero-order chi connectivity index (χ0) is 17.1. The molecular weight excluding hydrogens is 314 g/mol. The lowest BCUT2D eigenvalue weighted by Gasteiger charge is -2.27. The lowest BCUT2D eigenvalue weighted by molar-refractivity contribution is -0.140. The molecule has 0 aliphatic carbocycles. The molecule has 0 bridgehead atoms. The van der Waals surface area contributed by atoms with Crippen LogP contribution in [-0.2, 0) is 14.3 Å². The number of tetrazole rings is 1. The number of carbonyl (C=O) groups excluding carboxylic acids is 1. The zero-order valence-electron chi connectivity index (χ0n) is 13.3. The first-order chi connectivity index (χ1) is 11.6. The lowest BCUT2D eigenvalue weighted by Crippen LogP contribution is -2.30. The van der Waals surface area contributed by atoms with Gasteiger partial charge < -0.3 is 19.9 Å². The third-order valence-corrected chi connectivity index (χ3v) is 3.64. The molecule has 0 radical (unpaired) electrons. The number of allylic oxidation sites excluding steroid dienone is 1. The first-order valence-corrected chi connectivity index (χ1v) is 7.32. The van der Waals surface area contributed by atoms with E-state index in [0.717, 1.165) is 0 Å². The van der Waals surface area contributed by atoms with Gasteiger partial charge in [0.05, 0.1) is 12.2 Å². The maximum atomic E-state index is 12.6. The molecule has 0 saturated heterocycles. The second kappa shape index (κ2) is 6.67. The van der Waals surface area contributed by atoms with Crippen molar-refractivity contribution in [1.29, 1.82) is 0 Å². The minimum absolute atomic E-state index is 0.0883. The van der Waals surface area contributed by atoms with Gasteiger partial charge in [-0.25, -0.2) is 4.79 Å². The Morgan fingerprint density at radius 3 is 3.00 bits per heavy atom. The molecule has 1 aliphatic heterocycles. The Hall–Kier alpha value is -2.94. The molecule has 2 N–H and O–H groups in total. The molecule has 24 heavy (non-hydrogen) atoms. The summed E-state index contributed by atoms with van der Waals surface area (Å²) in [7, 11) is 1.53. The molecule has 9 heteroatoms. The molecule has 3 rings (SSSR count). The van der Waals surface area contributed by atoms with E-state index in [1.54, 1.807) is 31.2 Å². The minimum Gasteiger partial charge on any atom is -0.508 e. The number of phenols is 1. The fraction of sp³-hybridized carbons (Fsp3) is 0.333. The maximum absolute atomic E-state index is 12.6. The van der Waals surface area contributed by atoms with Crippen LogP contribution in [0, 0.1) is 0 Å². The van der Waals surface area contributed by atoms with Gasteiger partial charge in [0, 0.05) is 12.8 Å². The summed E-state index contributed by atoms with van der Waals surface area (Å²) in [6, 6.07) is 6.00. The molecule has 1 aromatic carbocycles.